The van der Waals surface area contributed by atoms with Crippen LogP contribution in [0.1, 0.15) is 5.56 Å². The summed E-state index contributed by atoms with van der Waals surface area (Å²) in [5.41, 5.74) is 4.17. The lowest BCUT2D eigenvalue weighted by molar-refractivity contribution is 1.11. The molecule has 0 spiro atoms. The molecule has 2 N–H and O–H groups in total. The van der Waals surface area contributed by atoms with Crippen LogP contribution in [0.25, 0.3) is 10.2 Å². The van der Waals surface area contributed by atoms with Crippen molar-refractivity contribution >= 4 is 33.6 Å². The van der Waals surface area contributed by atoms with E-state index in [1.54, 1.807) is 6.21 Å². The van der Waals surface area contributed by atoms with Crippen molar-refractivity contribution in [3.8, 4) is 0 Å². The van der Waals surface area contributed by atoms with Crippen LogP contribution in [0, 0.1) is 0 Å². The number of hydrogen-bond donors (Lipinski definition) is 2. The first-order valence-electron chi connectivity index (χ1n) is 5.64. The van der Waals surface area contributed by atoms with Crippen molar-refractivity contribution in [3.63, 3.8) is 0 Å². The van der Waals surface area contributed by atoms with Gasteiger partial charge in [-0.2, -0.15) is 10.1 Å². The fourth-order valence-corrected chi connectivity index (χ4v) is 2.46. The molecule has 94 valence electrons. The zero-order valence-electron chi connectivity index (χ0n) is 9.83. The van der Waals surface area contributed by atoms with Crippen molar-refractivity contribution in [3.05, 3.63) is 57.8 Å². The molecule has 0 aliphatic rings. The Bertz CT molecular complexity index is 776. The van der Waals surface area contributed by atoms with Gasteiger partial charge in [-0.25, -0.2) is 4.79 Å². The Morgan fingerprint density at radius 2 is 2.11 bits per heavy atom. The molecule has 0 saturated heterocycles. The third-order valence-electron chi connectivity index (χ3n) is 2.52. The average molecular weight is 270 g/mol. The first-order valence-corrected chi connectivity index (χ1v) is 6.52. The van der Waals surface area contributed by atoms with Crippen LogP contribution in [0.4, 0.5) is 5.82 Å². The SMILES string of the molecule is O=c1nc(N/N=C/c2ccccc2)c2sccc2[nH]1. The number of aromatic nitrogens is 2. The second-order valence-corrected chi connectivity index (χ2v) is 4.75. The van der Waals surface area contributed by atoms with Crippen molar-refractivity contribution in [2.24, 2.45) is 5.10 Å². The Morgan fingerprint density at radius 3 is 2.95 bits per heavy atom. The molecular weight excluding hydrogens is 260 g/mol. The van der Waals surface area contributed by atoms with Gasteiger partial charge in [-0.15, -0.1) is 11.3 Å². The van der Waals surface area contributed by atoms with Gasteiger partial charge in [0, 0.05) is 0 Å². The van der Waals surface area contributed by atoms with Crippen LogP contribution in [0.3, 0.4) is 0 Å². The number of nitrogens with one attached hydrogen (secondary N) is 2. The molecule has 2 heterocycles. The number of nitrogens with zero attached hydrogens (tertiary/aromatic N) is 2. The largest absolute Gasteiger partial charge is 0.347 e. The lowest BCUT2D eigenvalue weighted by atomic mass is 10.2. The fraction of sp³-hybridized carbons (Fsp3) is 0. The highest BCUT2D eigenvalue weighted by atomic mass is 32.1. The van der Waals surface area contributed by atoms with Gasteiger partial charge in [-0.05, 0) is 17.0 Å². The average Bonchev–Trinajstić information content (AvgIpc) is 2.88. The summed E-state index contributed by atoms with van der Waals surface area (Å²) in [6.07, 6.45) is 1.68. The number of aromatic amines is 1. The molecule has 0 unspecified atom stereocenters. The van der Waals surface area contributed by atoms with Gasteiger partial charge in [-0.1, -0.05) is 30.3 Å². The molecular formula is C13H10N4OS. The molecule has 0 aliphatic heterocycles. The van der Waals surface area contributed by atoms with E-state index in [0.29, 0.717) is 5.82 Å². The molecule has 1 aromatic carbocycles. The second-order valence-electron chi connectivity index (χ2n) is 3.83. The highest BCUT2D eigenvalue weighted by Crippen LogP contribution is 2.23. The van der Waals surface area contributed by atoms with E-state index in [1.807, 2.05) is 41.8 Å². The van der Waals surface area contributed by atoms with E-state index in [-0.39, 0.29) is 5.69 Å². The number of H-pyrrole nitrogens is 1. The van der Waals surface area contributed by atoms with Gasteiger partial charge >= 0.3 is 5.69 Å². The first-order chi connectivity index (χ1) is 9.33. The zero-order valence-corrected chi connectivity index (χ0v) is 10.6. The molecule has 0 fully saturated rings. The first kappa shape index (κ1) is 11.6. The number of anilines is 1. The van der Waals surface area contributed by atoms with Crippen molar-refractivity contribution in [2.75, 3.05) is 5.43 Å². The van der Waals surface area contributed by atoms with Gasteiger partial charge in [0.05, 0.1) is 16.4 Å². The maximum absolute atomic E-state index is 11.4. The summed E-state index contributed by atoms with van der Waals surface area (Å²) in [7, 11) is 0. The molecule has 0 saturated carbocycles. The summed E-state index contributed by atoms with van der Waals surface area (Å²) >= 11 is 1.50. The van der Waals surface area contributed by atoms with Crippen LogP contribution in [-0.4, -0.2) is 16.2 Å². The Hall–Kier alpha value is -2.47. The normalized spacial score (nSPS) is 11.2. The summed E-state index contributed by atoms with van der Waals surface area (Å²) in [6.45, 7) is 0. The number of thiophene rings is 1. The van der Waals surface area contributed by atoms with Crippen LogP contribution in [0.5, 0.6) is 0 Å². The third kappa shape index (κ3) is 2.53. The lowest BCUT2D eigenvalue weighted by Crippen LogP contribution is -2.11. The van der Waals surface area contributed by atoms with Crippen LogP contribution < -0.4 is 11.1 Å². The number of benzene rings is 1. The van der Waals surface area contributed by atoms with E-state index < -0.39 is 0 Å². The topological polar surface area (TPSA) is 70.1 Å². The number of rotatable bonds is 3. The summed E-state index contributed by atoms with van der Waals surface area (Å²) in [6, 6.07) is 11.5. The molecule has 2 aromatic heterocycles. The summed E-state index contributed by atoms with van der Waals surface area (Å²) in [5, 5.41) is 6.00. The molecule has 5 nitrogen and oxygen atoms in total. The van der Waals surface area contributed by atoms with Crippen molar-refractivity contribution in [1.82, 2.24) is 9.97 Å². The van der Waals surface area contributed by atoms with E-state index in [9.17, 15) is 4.79 Å². The molecule has 3 aromatic rings. The van der Waals surface area contributed by atoms with E-state index in [4.69, 9.17) is 0 Å². The zero-order chi connectivity index (χ0) is 13.1. The number of hydrogen-bond acceptors (Lipinski definition) is 5. The highest BCUT2D eigenvalue weighted by Gasteiger charge is 2.04. The van der Waals surface area contributed by atoms with Crippen LogP contribution >= 0.6 is 11.3 Å². The molecule has 0 aliphatic carbocycles. The minimum atomic E-state index is -0.386. The Labute approximate surface area is 112 Å². The van der Waals surface area contributed by atoms with Gasteiger partial charge in [0.25, 0.3) is 0 Å². The van der Waals surface area contributed by atoms with Crippen molar-refractivity contribution in [1.29, 1.82) is 0 Å². The quantitative estimate of drug-likeness (QED) is 0.567. The Morgan fingerprint density at radius 1 is 1.26 bits per heavy atom. The van der Waals surface area contributed by atoms with Crippen LogP contribution in [0.2, 0.25) is 0 Å². The molecule has 6 heteroatoms. The van der Waals surface area contributed by atoms with Gasteiger partial charge < -0.3 is 4.98 Å². The van der Waals surface area contributed by atoms with E-state index in [0.717, 1.165) is 15.8 Å². The smallest absolute Gasteiger partial charge is 0.304 e. The predicted molar refractivity (Wildman–Crippen MR) is 77.9 cm³/mol. The fourth-order valence-electron chi connectivity index (χ4n) is 1.67. The monoisotopic (exact) mass is 270 g/mol. The van der Waals surface area contributed by atoms with E-state index in [1.165, 1.54) is 11.3 Å². The van der Waals surface area contributed by atoms with Gasteiger partial charge in [0.1, 0.15) is 0 Å². The molecule has 0 bridgehead atoms. The second kappa shape index (κ2) is 5.03. The maximum Gasteiger partial charge on any atom is 0.347 e. The third-order valence-corrected chi connectivity index (χ3v) is 3.44. The minimum Gasteiger partial charge on any atom is -0.304 e. The summed E-state index contributed by atoms with van der Waals surface area (Å²) < 4.78 is 0.879. The number of fused-ring (bicyclic) bond motifs is 1. The van der Waals surface area contributed by atoms with E-state index in [2.05, 4.69) is 20.5 Å². The van der Waals surface area contributed by atoms with E-state index >= 15 is 0 Å². The molecule has 0 radical (unpaired) electrons. The lowest BCUT2D eigenvalue weighted by Gasteiger charge is -1.99. The maximum atomic E-state index is 11.4. The van der Waals surface area contributed by atoms with Gasteiger partial charge in [-0.3, -0.25) is 5.43 Å². The minimum absolute atomic E-state index is 0.386. The molecule has 0 amide bonds. The van der Waals surface area contributed by atoms with Crippen molar-refractivity contribution < 1.29 is 0 Å². The van der Waals surface area contributed by atoms with Gasteiger partial charge in [0.15, 0.2) is 5.82 Å². The number of hydrazone groups is 1. The van der Waals surface area contributed by atoms with Crippen molar-refractivity contribution in [2.45, 2.75) is 0 Å². The Kier molecular flexibility index (Phi) is 3.07. The molecule has 3 rings (SSSR count). The molecule has 19 heavy (non-hydrogen) atoms. The summed E-state index contributed by atoms with van der Waals surface area (Å²) in [5.74, 6) is 0.473. The summed E-state index contributed by atoms with van der Waals surface area (Å²) in [4.78, 5) is 17.9. The van der Waals surface area contributed by atoms with Crippen LogP contribution in [-0.2, 0) is 0 Å². The Balaban J connectivity index is 1.88. The van der Waals surface area contributed by atoms with Crippen LogP contribution in [0.15, 0.2) is 51.7 Å². The highest BCUT2D eigenvalue weighted by molar-refractivity contribution is 7.17. The predicted octanol–water partition coefficient (Wildman–Crippen LogP) is 2.43. The standard InChI is InChI=1S/C13H10N4OS/c18-13-15-10-6-7-19-11(10)12(16-13)17-14-8-9-4-2-1-3-5-9/h1-8H,(H2,15,16,17,18)/b14-8+. The molecule has 0 atom stereocenters. The van der Waals surface area contributed by atoms with Gasteiger partial charge in [0.2, 0.25) is 0 Å².